The van der Waals surface area contributed by atoms with Gasteiger partial charge in [0, 0.05) is 6.54 Å². The molecule has 0 aliphatic carbocycles. The first kappa shape index (κ1) is 13.0. The van der Waals surface area contributed by atoms with Gasteiger partial charge in [-0.25, -0.2) is 0 Å². The lowest BCUT2D eigenvalue weighted by atomic mass is 9.98. The van der Waals surface area contributed by atoms with E-state index in [1.807, 2.05) is 6.92 Å². The summed E-state index contributed by atoms with van der Waals surface area (Å²) in [7, 11) is 0. The Morgan fingerprint density at radius 3 is 2.50 bits per heavy atom. The van der Waals surface area contributed by atoms with Gasteiger partial charge in [0.2, 0.25) is 11.8 Å². The van der Waals surface area contributed by atoms with Crippen LogP contribution >= 0.6 is 0 Å². The number of nitrogens with one attached hydrogen (secondary N) is 1. The second-order valence-corrected chi connectivity index (χ2v) is 4.91. The van der Waals surface area contributed by atoms with Crippen molar-refractivity contribution >= 4 is 11.8 Å². The Kier molecular flexibility index (Phi) is 4.33. The van der Waals surface area contributed by atoms with Gasteiger partial charge in [0.1, 0.15) is 12.1 Å². The van der Waals surface area contributed by atoms with Crippen LogP contribution in [0.5, 0.6) is 0 Å². The Bertz CT molecular complexity index is 276. The number of carbonyl (C=O) groups excluding carboxylic acids is 2. The van der Waals surface area contributed by atoms with Gasteiger partial charge in [-0.1, -0.05) is 20.8 Å². The Morgan fingerprint density at radius 1 is 1.38 bits per heavy atom. The molecule has 0 bridgehead atoms. The van der Waals surface area contributed by atoms with E-state index in [1.165, 1.54) is 0 Å². The summed E-state index contributed by atoms with van der Waals surface area (Å²) in [5, 5.41) is 2.74. The van der Waals surface area contributed by atoms with Crippen LogP contribution in [0.2, 0.25) is 0 Å². The quantitative estimate of drug-likeness (QED) is 0.782. The molecule has 1 N–H and O–H groups in total. The molecule has 1 aliphatic heterocycles. The first-order chi connectivity index (χ1) is 7.47. The van der Waals surface area contributed by atoms with E-state index in [4.69, 9.17) is 0 Å². The molecule has 4 nitrogen and oxygen atoms in total. The Hall–Kier alpha value is -1.06. The van der Waals surface area contributed by atoms with Crippen LogP contribution in [0.1, 0.15) is 40.5 Å². The summed E-state index contributed by atoms with van der Waals surface area (Å²) in [6, 6.07) is -0.647. The fourth-order valence-electron chi connectivity index (χ4n) is 2.10. The zero-order chi connectivity index (χ0) is 12.3. The smallest absolute Gasteiger partial charge is 0.245 e. The minimum absolute atomic E-state index is 0.00532. The number of amides is 2. The fraction of sp³-hybridized carbons (Fsp3) is 0.833. The molecule has 1 heterocycles. The molecule has 92 valence electrons. The molecule has 0 unspecified atom stereocenters. The number of rotatable bonds is 4. The van der Waals surface area contributed by atoms with Crippen LogP contribution in [-0.4, -0.2) is 35.3 Å². The molecule has 4 heteroatoms. The lowest BCUT2D eigenvalue weighted by Crippen LogP contribution is -2.62. The highest BCUT2D eigenvalue weighted by atomic mass is 16.2. The second-order valence-electron chi connectivity index (χ2n) is 4.91. The summed E-state index contributed by atoms with van der Waals surface area (Å²) < 4.78 is 0. The van der Waals surface area contributed by atoms with Crippen molar-refractivity contribution in [3.8, 4) is 0 Å². The highest BCUT2D eigenvalue weighted by Crippen LogP contribution is 2.17. The summed E-state index contributed by atoms with van der Waals surface area (Å²) in [6.45, 7) is 8.58. The van der Waals surface area contributed by atoms with Crippen LogP contribution in [0.15, 0.2) is 0 Å². The number of carbonyl (C=O) groups is 2. The molecule has 1 aliphatic rings. The van der Waals surface area contributed by atoms with E-state index in [0.29, 0.717) is 12.5 Å². The van der Waals surface area contributed by atoms with E-state index in [1.54, 1.807) is 11.8 Å². The molecular weight excluding hydrogens is 204 g/mol. The maximum absolute atomic E-state index is 12.0. The Morgan fingerprint density at radius 2 is 2.00 bits per heavy atom. The van der Waals surface area contributed by atoms with E-state index in [0.717, 1.165) is 12.8 Å². The van der Waals surface area contributed by atoms with Crippen molar-refractivity contribution in [2.24, 2.45) is 5.92 Å². The summed E-state index contributed by atoms with van der Waals surface area (Å²) >= 11 is 0. The first-order valence-corrected chi connectivity index (χ1v) is 6.08. The molecule has 1 fully saturated rings. The summed E-state index contributed by atoms with van der Waals surface area (Å²) in [4.78, 5) is 25.6. The van der Waals surface area contributed by atoms with Gasteiger partial charge in [0.15, 0.2) is 0 Å². The van der Waals surface area contributed by atoms with Crippen LogP contribution in [0, 0.1) is 5.92 Å². The van der Waals surface area contributed by atoms with Crippen molar-refractivity contribution in [2.45, 2.75) is 52.6 Å². The van der Waals surface area contributed by atoms with Gasteiger partial charge in [-0.3, -0.25) is 9.59 Å². The van der Waals surface area contributed by atoms with E-state index in [-0.39, 0.29) is 23.9 Å². The third-order valence-electron chi connectivity index (χ3n) is 2.85. The molecule has 0 radical (unpaired) electrons. The molecule has 0 aromatic rings. The molecule has 1 saturated heterocycles. The van der Waals surface area contributed by atoms with Gasteiger partial charge in [0.05, 0.1) is 0 Å². The van der Waals surface area contributed by atoms with Crippen LogP contribution in [0.4, 0.5) is 0 Å². The normalized spacial score (nSPS) is 26.2. The molecular formula is C12H22N2O2. The number of hydrogen-bond acceptors (Lipinski definition) is 2. The number of piperazine rings is 1. The SMILES string of the molecule is CCCN1C(=O)[C@H](C)NC(=O)[C@@H]1CC(C)C. The molecule has 0 aromatic carbocycles. The predicted octanol–water partition coefficient (Wildman–Crippen LogP) is 1.16. The summed E-state index contributed by atoms with van der Waals surface area (Å²) in [5.74, 6) is 0.456. The van der Waals surface area contributed by atoms with Crippen molar-refractivity contribution in [1.29, 1.82) is 0 Å². The first-order valence-electron chi connectivity index (χ1n) is 6.08. The average Bonchev–Trinajstić information content (AvgIpc) is 2.19. The monoisotopic (exact) mass is 226 g/mol. The molecule has 16 heavy (non-hydrogen) atoms. The van der Waals surface area contributed by atoms with E-state index in [2.05, 4.69) is 19.2 Å². The maximum atomic E-state index is 12.0. The Labute approximate surface area is 97.4 Å². The Balaban J connectivity index is 2.82. The fourth-order valence-corrected chi connectivity index (χ4v) is 2.10. The van der Waals surface area contributed by atoms with Crippen LogP contribution in [-0.2, 0) is 9.59 Å². The lowest BCUT2D eigenvalue weighted by molar-refractivity contribution is -0.149. The van der Waals surface area contributed by atoms with Crippen LogP contribution < -0.4 is 5.32 Å². The van der Waals surface area contributed by atoms with Crippen molar-refractivity contribution in [3.05, 3.63) is 0 Å². The molecule has 0 spiro atoms. The van der Waals surface area contributed by atoms with E-state index in [9.17, 15) is 9.59 Å². The zero-order valence-corrected chi connectivity index (χ0v) is 10.6. The van der Waals surface area contributed by atoms with Gasteiger partial charge in [0.25, 0.3) is 0 Å². The standard InChI is InChI=1S/C12H22N2O2/c1-5-6-14-10(7-8(2)3)11(15)13-9(4)12(14)16/h8-10H,5-7H2,1-4H3,(H,13,15)/t9-,10-/m0/s1. The molecule has 1 rings (SSSR count). The van der Waals surface area contributed by atoms with Gasteiger partial charge >= 0.3 is 0 Å². The topological polar surface area (TPSA) is 49.4 Å². The summed E-state index contributed by atoms with van der Waals surface area (Å²) in [6.07, 6.45) is 1.63. The highest BCUT2D eigenvalue weighted by Gasteiger charge is 2.37. The highest BCUT2D eigenvalue weighted by molar-refractivity contribution is 5.96. The van der Waals surface area contributed by atoms with Gasteiger partial charge < -0.3 is 10.2 Å². The van der Waals surface area contributed by atoms with Gasteiger partial charge in [-0.05, 0) is 25.7 Å². The lowest BCUT2D eigenvalue weighted by Gasteiger charge is -2.38. The number of nitrogens with zero attached hydrogens (tertiary/aromatic N) is 1. The van der Waals surface area contributed by atoms with Crippen molar-refractivity contribution in [3.63, 3.8) is 0 Å². The predicted molar refractivity (Wildman–Crippen MR) is 62.9 cm³/mol. The molecule has 2 atom stereocenters. The molecule has 2 amide bonds. The largest absolute Gasteiger partial charge is 0.343 e. The summed E-state index contributed by atoms with van der Waals surface area (Å²) in [5.41, 5.74) is 0. The molecule has 0 aromatic heterocycles. The van der Waals surface area contributed by atoms with E-state index >= 15 is 0 Å². The maximum Gasteiger partial charge on any atom is 0.245 e. The van der Waals surface area contributed by atoms with Crippen LogP contribution in [0.25, 0.3) is 0 Å². The second kappa shape index (κ2) is 5.32. The third-order valence-corrected chi connectivity index (χ3v) is 2.85. The van der Waals surface area contributed by atoms with Crippen molar-refractivity contribution in [2.75, 3.05) is 6.54 Å². The van der Waals surface area contributed by atoms with Crippen molar-refractivity contribution < 1.29 is 9.59 Å². The van der Waals surface area contributed by atoms with Crippen LogP contribution in [0.3, 0.4) is 0 Å². The molecule has 0 saturated carbocycles. The number of hydrogen-bond donors (Lipinski definition) is 1. The van der Waals surface area contributed by atoms with Gasteiger partial charge in [-0.2, -0.15) is 0 Å². The zero-order valence-electron chi connectivity index (χ0n) is 10.6. The third kappa shape index (κ3) is 2.74. The minimum atomic E-state index is -0.373. The van der Waals surface area contributed by atoms with Crippen molar-refractivity contribution in [1.82, 2.24) is 10.2 Å². The van der Waals surface area contributed by atoms with Gasteiger partial charge in [-0.15, -0.1) is 0 Å². The minimum Gasteiger partial charge on any atom is -0.343 e. The van der Waals surface area contributed by atoms with E-state index < -0.39 is 0 Å². The average molecular weight is 226 g/mol.